The Bertz CT molecular complexity index is 685. The van der Waals surface area contributed by atoms with Crippen molar-refractivity contribution in [3.8, 4) is 5.75 Å². The number of hydrogen-bond donors (Lipinski definition) is 0. The maximum absolute atomic E-state index is 5.92. The predicted octanol–water partition coefficient (Wildman–Crippen LogP) is 1.81. The van der Waals surface area contributed by atoms with Gasteiger partial charge in [0.25, 0.3) is 0 Å². The van der Waals surface area contributed by atoms with E-state index in [0.717, 1.165) is 57.4 Å². The zero-order valence-electron chi connectivity index (χ0n) is 13.4. The van der Waals surface area contributed by atoms with Crippen LogP contribution in [-0.4, -0.2) is 46.0 Å². The summed E-state index contributed by atoms with van der Waals surface area (Å²) >= 11 is 0. The van der Waals surface area contributed by atoms with Crippen LogP contribution in [0.4, 0.5) is 0 Å². The van der Waals surface area contributed by atoms with Gasteiger partial charge in [0.05, 0.1) is 13.2 Å². The molecule has 0 bridgehead atoms. The topological polar surface area (TPSA) is 52.4 Å². The van der Waals surface area contributed by atoms with Gasteiger partial charge in [0, 0.05) is 32.6 Å². The van der Waals surface area contributed by atoms with Crippen LogP contribution in [0.15, 0.2) is 24.5 Å². The standard InChI is InChI=1S/C17H22N4O2/c1-2-21-12-18-19-17(21)16-11-20(6-8-23-16)10-13-3-4-15-14(9-13)5-7-22-15/h3-4,9,12,16H,2,5-8,10-11H2,1H3/t16-/m0/s1. The summed E-state index contributed by atoms with van der Waals surface area (Å²) in [5.41, 5.74) is 2.67. The molecule has 4 rings (SSSR count). The fourth-order valence-corrected chi connectivity index (χ4v) is 3.36. The normalized spacial score (nSPS) is 21.2. The van der Waals surface area contributed by atoms with Crippen LogP contribution in [0.5, 0.6) is 5.75 Å². The van der Waals surface area contributed by atoms with Crippen molar-refractivity contribution in [2.45, 2.75) is 32.5 Å². The van der Waals surface area contributed by atoms with E-state index in [-0.39, 0.29) is 6.10 Å². The molecule has 2 aromatic rings. The Morgan fingerprint density at radius 1 is 1.30 bits per heavy atom. The van der Waals surface area contributed by atoms with Gasteiger partial charge < -0.3 is 14.0 Å². The van der Waals surface area contributed by atoms with Crippen molar-refractivity contribution in [2.24, 2.45) is 0 Å². The molecule has 0 N–H and O–H groups in total. The van der Waals surface area contributed by atoms with E-state index in [4.69, 9.17) is 9.47 Å². The van der Waals surface area contributed by atoms with E-state index in [1.165, 1.54) is 11.1 Å². The lowest BCUT2D eigenvalue weighted by molar-refractivity contribution is -0.0388. The smallest absolute Gasteiger partial charge is 0.163 e. The summed E-state index contributed by atoms with van der Waals surface area (Å²) < 4.78 is 13.6. The molecule has 6 heteroatoms. The van der Waals surface area contributed by atoms with Crippen LogP contribution in [0, 0.1) is 0 Å². The van der Waals surface area contributed by atoms with Crippen molar-refractivity contribution >= 4 is 0 Å². The average Bonchev–Trinajstić information content (AvgIpc) is 3.23. The van der Waals surface area contributed by atoms with E-state index in [1.54, 1.807) is 6.33 Å². The van der Waals surface area contributed by atoms with E-state index < -0.39 is 0 Å². The van der Waals surface area contributed by atoms with Gasteiger partial charge in [0.2, 0.25) is 0 Å². The summed E-state index contributed by atoms with van der Waals surface area (Å²) in [4.78, 5) is 2.43. The summed E-state index contributed by atoms with van der Waals surface area (Å²) in [6, 6.07) is 6.55. The molecule has 0 aliphatic carbocycles. The minimum absolute atomic E-state index is 0.00367. The van der Waals surface area contributed by atoms with Gasteiger partial charge in [-0.15, -0.1) is 10.2 Å². The van der Waals surface area contributed by atoms with Gasteiger partial charge in [0.15, 0.2) is 5.82 Å². The van der Waals surface area contributed by atoms with E-state index in [9.17, 15) is 0 Å². The second kappa shape index (κ2) is 6.29. The van der Waals surface area contributed by atoms with Crippen molar-refractivity contribution in [3.05, 3.63) is 41.5 Å². The van der Waals surface area contributed by atoms with Crippen LogP contribution in [0.1, 0.15) is 30.0 Å². The molecule has 122 valence electrons. The van der Waals surface area contributed by atoms with Crippen molar-refractivity contribution in [1.29, 1.82) is 0 Å². The number of aryl methyl sites for hydroxylation is 1. The number of fused-ring (bicyclic) bond motifs is 1. The molecular formula is C17H22N4O2. The highest BCUT2D eigenvalue weighted by molar-refractivity contribution is 5.39. The van der Waals surface area contributed by atoms with E-state index in [0.29, 0.717) is 0 Å². The Morgan fingerprint density at radius 3 is 3.17 bits per heavy atom. The molecule has 1 aromatic carbocycles. The van der Waals surface area contributed by atoms with Crippen LogP contribution >= 0.6 is 0 Å². The van der Waals surface area contributed by atoms with Crippen LogP contribution in [0.3, 0.4) is 0 Å². The second-order valence-electron chi connectivity index (χ2n) is 6.11. The molecule has 6 nitrogen and oxygen atoms in total. The molecule has 0 spiro atoms. The highest BCUT2D eigenvalue weighted by Crippen LogP contribution is 2.27. The number of ether oxygens (including phenoxy) is 2. The summed E-state index contributed by atoms with van der Waals surface area (Å²) in [6.07, 6.45) is 2.80. The minimum atomic E-state index is 0.00367. The minimum Gasteiger partial charge on any atom is -0.493 e. The van der Waals surface area contributed by atoms with E-state index in [1.807, 2.05) is 0 Å². The Balaban J connectivity index is 1.45. The van der Waals surface area contributed by atoms with E-state index in [2.05, 4.69) is 44.8 Å². The van der Waals surface area contributed by atoms with Crippen molar-refractivity contribution in [2.75, 3.05) is 26.3 Å². The average molecular weight is 314 g/mol. The number of rotatable bonds is 4. The third kappa shape index (κ3) is 2.96. The molecule has 1 atom stereocenters. The molecule has 3 heterocycles. The summed E-state index contributed by atoms with van der Waals surface area (Å²) in [6.45, 7) is 7.25. The Labute approximate surface area is 136 Å². The summed E-state index contributed by atoms with van der Waals surface area (Å²) in [5.74, 6) is 1.98. The highest BCUT2D eigenvalue weighted by atomic mass is 16.5. The first-order valence-electron chi connectivity index (χ1n) is 8.29. The van der Waals surface area contributed by atoms with Crippen LogP contribution < -0.4 is 4.74 Å². The molecule has 23 heavy (non-hydrogen) atoms. The third-order valence-electron chi connectivity index (χ3n) is 4.58. The Hall–Kier alpha value is -1.92. The number of benzene rings is 1. The molecule has 2 aliphatic rings. The van der Waals surface area contributed by atoms with Gasteiger partial charge in [-0.05, 0) is 24.1 Å². The molecule has 0 saturated carbocycles. The highest BCUT2D eigenvalue weighted by Gasteiger charge is 2.26. The first kappa shape index (κ1) is 14.7. The molecule has 2 aliphatic heterocycles. The van der Waals surface area contributed by atoms with Gasteiger partial charge in [-0.2, -0.15) is 0 Å². The lowest BCUT2D eigenvalue weighted by Gasteiger charge is -2.32. The van der Waals surface area contributed by atoms with Crippen molar-refractivity contribution in [3.63, 3.8) is 0 Å². The molecule has 0 unspecified atom stereocenters. The zero-order valence-corrected chi connectivity index (χ0v) is 13.4. The predicted molar refractivity (Wildman–Crippen MR) is 85.3 cm³/mol. The Kier molecular flexibility index (Phi) is 4.01. The number of morpholine rings is 1. The maximum Gasteiger partial charge on any atom is 0.163 e. The molecule has 1 fully saturated rings. The van der Waals surface area contributed by atoms with Crippen LogP contribution in [-0.2, 0) is 24.2 Å². The molecule has 0 radical (unpaired) electrons. The zero-order chi connectivity index (χ0) is 15.6. The fourth-order valence-electron chi connectivity index (χ4n) is 3.36. The number of aromatic nitrogens is 3. The SMILES string of the molecule is CCn1cnnc1[C@@H]1CN(Cc2ccc3c(c2)CCO3)CCO1. The monoisotopic (exact) mass is 314 g/mol. The van der Waals surface area contributed by atoms with Gasteiger partial charge in [0.1, 0.15) is 18.2 Å². The molecule has 0 amide bonds. The summed E-state index contributed by atoms with van der Waals surface area (Å²) in [5, 5.41) is 8.26. The lowest BCUT2D eigenvalue weighted by atomic mass is 10.1. The van der Waals surface area contributed by atoms with E-state index >= 15 is 0 Å². The summed E-state index contributed by atoms with van der Waals surface area (Å²) in [7, 11) is 0. The van der Waals surface area contributed by atoms with Gasteiger partial charge in [-0.1, -0.05) is 12.1 Å². The van der Waals surface area contributed by atoms with Gasteiger partial charge in [-0.3, -0.25) is 4.90 Å². The van der Waals surface area contributed by atoms with Gasteiger partial charge in [-0.25, -0.2) is 0 Å². The Morgan fingerprint density at radius 2 is 2.26 bits per heavy atom. The first-order chi connectivity index (χ1) is 11.3. The van der Waals surface area contributed by atoms with Gasteiger partial charge >= 0.3 is 0 Å². The van der Waals surface area contributed by atoms with Crippen molar-refractivity contribution in [1.82, 2.24) is 19.7 Å². The quantitative estimate of drug-likeness (QED) is 0.861. The second-order valence-corrected chi connectivity index (χ2v) is 6.11. The number of nitrogens with zero attached hydrogens (tertiary/aromatic N) is 4. The van der Waals surface area contributed by atoms with Crippen LogP contribution in [0.25, 0.3) is 0 Å². The molecular weight excluding hydrogens is 292 g/mol. The third-order valence-corrected chi connectivity index (χ3v) is 4.58. The lowest BCUT2D eigenvalue weighted by Crippen LogP contribution is -2.38. The largest absolute Gasteiger partial charge is 0.493 e. The maximum atomic E-state index is 5.92. The van der Waals surface area contributed by atoms with Crippen LogP contribution in [0.2, 0.25) is 0 Å². The molecule has 1 saturated heterocycles. The molecule has 1 aromatic heterocycles. The first-order valence-corrected chi connectivity index (χ1v) is 8.29. The number of hydrogen-bond acceptors (Lipinski definition) is 5. The van der Waals surface area contributed by atoms with Crippen molar-refractivity contribution < 1.29 is 9.47 Å². The fraction of sp³-hybridized carbons (Fsp3) is 0.529.